The third-order valence-electron chi connectivity index (χ3n) is 4.75. The lowest BCUT2D eigenvalue weighted by molar-refractivity contribution is -0.129. The highest BCUT2D eigenvalue weighted by Crippen LogP contribution is 2.20. The maximum atomic E-state index is 13.1. The normalized spacial score (nSPS) is 17.6. The quantitative estimate of drug-likeness (QED) is 0.823. The van der Waals surface area contributed by atoms with Gasteiger partial charge in [0.2, 0.25) is 11.8 Å². The van der Waals surface area contributed by atoms with E-state index in [-0.39, 0.29) is 23.7 Å². The van der Waals surface area contributed by atoms with Gasteiger partial charge in [0.15, 0.2) is 0 Å². The van der Waals surface area contributed by atoms with Gasteiger partial charge < -0.3 is 10.2 Å². The molecule has 0 saturated carbocycles. The number of rotatable bonds is 6. The van der Waals surface area contributed by atoms with Crippen molar-refractivity contribution < 1.29 is 14.0 Å². The molecule has 1 aliphatic heterocycles. The summed E-state index contributed by atoms with van der Waals surface area (Å²) in [5, 5.41) is 6.23. The highest BCUT2D eigenvalue weighted by molar-refractivity contribution is 5.95. The van der Waals surface area contributed by atoms with Crippen LogP contribution in [0.3, 0.4) is 0 Å². The number of amides is 2. The molecule has 2 N–H and O–H groups in total. The molecule has 2 amide bonds. The Morgan fingerprint density at radius 2 is 1.85 bits per heavy atom. The van der Waals surface area contributed by atoms with Crippen LogP contribution in [0.1, 0.15) is 31.4 Å². The Hall–Kier alpha value is -2.73. The predicted molar refractivity (Wildman–Crippen MR) is 103 cm³/mol. The summed E-state index contributed by atoms with van der Waals surface area (Å²) in [5.41, 5.74) is 1.38. The van der Waals surface area contributed by atoms with Crippen LogP contribution in [0.15, 0.2) is 54.6 Å². The fourth-order valence-corrected chi connectivity index (χ4v) is 3.30. The Kier molecular flexibility index (Phi) is 6.19. The maximum absolute atomic E-state index is 13.1. The molecule has 1 fully saturated rings. The minimum Gasteiger partial charge on any atom is -0.341 e. The highest BCUT2D eigenvalue weighted by atomic mass is 19.1. The lowest BCUT2D eigenvalue weighted by atomic mass is 10.0. The van der Waals surface area contributed by atoms with Crippen LogP contribution in [-0.2, 0) is 9.59 Å². The van der Waals surface area contributed by atoms with Gasteiger partial charge in [-0.15, -0.1) is 0 Å². The van der Waals surface area contributed by atoms with Crippen molar-refractivity contribution in [2.24, 2.45) is 0 Å². The number of carbonyl (C=O) groups is 2. The van der Waals surface area contributed by atoms with Crippen molar-refractivity contribution in [3.8, 4) is 0 Å². The van der Waals surface area contributed by atoms with E-state index in [0.717, 1.165) is 12.0 Å². The van der Waals surface area contributed by atoms with Crippen LogP contribution in [0, 0.1) is 5.82 Å². The zero-order valence-electron chi connectivity index (χ0n) is 15.3. The number of hydrogen-bond acceptors (Lipinski definition) is 3. The predicted octanol–water partition coefficient (Wildman–Crippen LogP) is 3.11. The second kappa shape index (κ2) is 8.77. The Morgan fingerprint density at radius 1 is 1.15 bits per heavy atom. The number of benzene rings is 2. The number of halogens is 1. The number of carbonyl (C=O) groups excluding carboxylic acids is 2. The molecule has 2 aromatic rings. The summed E-state index contributed by atoms with van der Waals surface area (Å²) < 4.78 is 13.1. The number of hydrogen-bond donors (Lipinski definition) is 2. The Balaban J connectivity index is 1.72. The van der Waals surface area contributed by atoms with Crippen molar-refractivity contribution in [3.63, 3.8) is 0 Å². The first kappa shape index (κ1) is 19.0. The summed E-state index contributed by atoms with van der Waals surface area (Å²) in [6.45, 7) is 3.15. The largest absolute Gasteiger partial charge is 0.341 e. The van der Waals surface area contributed by atoms with E-state index in [1.807, 2.05) is 42.2 Å². The minimum absolute atomic E-state index is 0.0460. The van der Waals surface area contributed by atoms with Crippen LogP contribution in [-0.4, -0.2) is 35.8 Å². The third kappa shape index (κ3) is 4.92. The third-order valence-corrected chi connectivity index (χ3v) is 4.75. The van der Waals surface area contributed by atoms with E-state index >= 15 is 0 Å². The van der Waals surface area contributed by atoms with Gasteiger partial charge in [-0.3, -0.25) is 14.9 Å². The zero-order chi connectivity index (χ0) is 19.2. The molecule has 142 valence electrons. The second-order valence-corrected chi connectivity index (χ2v) is 6.69. The molecule has 0 spiro atoms. The van der Waals surface area contributed by atoms with Crippen LogP contribution < -0.4 is 10.6 Å². The van der Waals surface area contributed by atoms with Crippen LogP contribution in [0.2, 0.25) is 0 Å². The average molecular weight is 369 g/mol. The molecule has 2 aromatic carbocycles. The maximum Gasteiger partial charge on any atom is 0.246 e. The van der Waals surface area contributed by atoms with Crippen molar-refractivity contribution in [1.29, 1.82) is 0 Å². The molecule has 3 rings (SSSR count). The summed E-state index contributed by atoms with van der Waals surface area (Å²) in [5.74, 6) is -0.434. The number of nitrogens with zero attached hydrogens (tertiary/aromatic N) is 1. The van der Waals surface area contributed by atoms with E-state index < -0.39 is 6.04 Å². The summed E-state index contributed by atoms with van der Waals surface area (Å²) in [4.78, 5) is 26.6. The second-order valence-electron chi connectivity index (χ2n) is 6.69. The van der Waals surface area contributed by atoms with Gasteiger partial charge in [0.25, 0.3) is 0 Å². The molecule has 2 atom stereocenters. The Bertz CT molecular complexity index is 780. The molecule has 1 saturated heterocycles. The molecule has 0 radical (unpaired) electrons. The minimum atomic E-state index is -0.557. The molecule has 0 bridgehead atoms. The van der Waals surface area contributed by atoms with Gasteiger partial charge in [-0.1, -0.05) is 37.3 Å². The van der Waals surface area contributed by atoms with Gasteiger partial charge in [-0.25, -0.2) is 4.39 Å². The van der Waals surface area contributed by atoms with E-state index in [0.29, 0.717) is 25.2 Å². The van der Waals surface area contributed by atoms with Gasteiger partial charge >= 0.3 is 0 Å². The van der Waals surface area contributed by atoms with Gasteiger partial charge in [0.1, 0.15) is 11.9 Å². The molecule has 0 aliphatic carbocycles. The number of likely N-dealkylation sites (tertiary alicyclic amines) is 1. The summed E-state index contributed by atoms with van der Waals surface area (Å²) >= 11 is 0. The van der Waals surface area contributed by atoms with Crippen LogP contribution in [0.25, 0.3) is 0 Å². The van der Waals surface area contributed by atoms with Gasteiger partial charge in [0.05, 0.1) is 0 Å². The highest BCUT2D eigenvalue weighted by Gasteiger charge is 2.30. The van der Waals surface area contributed by atoms with Crippen molar-refractivity contribution in [2.45, 2.75) is 31.8 Å². The van der Waals surface area contributed by atoms with Crippen molar-refractivity contribution >= 4 is 17.5 Å². The Labute approximate surface area is 158 Å². The molecule has 1 aliphatic rings. The van der Waals surface area contributed by atoms with E-state index in [4.69, 9.17) is 0 Å². The van der Waals surface area contributed by atoms with E-state index in [9.17, 15) is 14.0 Å². The lowest BCUT2D eigenvalue weighted by Crippen LogP contribution is -2.41. The van der Waals surface area contributed by atoms with Crippen LogP contribution >= 0.6 is 0 Å². The monoisotopic (exact) mass is 369 g/mol. The van der Waals surface area contributed by atoms with E-state index in [1.54, 1.807) is 0 Å². The van der Waals surface area contributed by atoms with E-state index in [1.165, 1.54) is 24.3 Å². The van der Waals surface area contributed by atoms with Gasteiger partial charge in [-0.2, -0.15) is 0 Å². The first-order chi connectivity index (χ1) is 13.1. The molecular formula is C21H24FN3O2. The first-order valence-corrected chi connectivity index (χ1v) is 9.22. The fraction of sp³-hybridized carbons (Fsp3) is 0.333. The lowest BCUT2D eigenvalue weighted by Gasteiger charge is -2.23. The molecule has 27 heavy (non-hydrogen) atoms. The van der Waals surface area contributed by atoms with Crippen molar-refractivity contribution in [1.82, 2.24) is 10.2 Å². The van der Waals surface area contributed by atoms with Crippen molar-refractivity contribution in [2.75, 3.05) is 18.4 Å². The molecule has 2 unspecified atom stereocenters. The van der Waals surface area contributed by atoms with E-state index in [2.05, 4.69) is 10.6 Å². The summed E-state index contributed by atoms with van der Waals surface area (Å²) in [7, 11) is 0. The average Bonchev–Trinajstić information content (AvgIpc) is 3.16. The summed E-state index contributed by atoms with van der Waals surface area (Å²) in [6, 6.07) is 14.6. The van der Waals surface area contributed by atoms with Crippen LogP contribution in [0.5, 0.6) is 0 Å². The Morgan fingerprint density at radius 3 is 2.52 bits per heavy atom. The number of nitrogens with one attached hydrogen (secondary N) is 2. The smallest absolute Gasteiger partial charge is 0.246 e. The molecule has 1 heterocycles. The summed E-state index contributed by atoms with van der Waals surface area (Å²) in [6.07, 6.45) is 1.29. The van der Waals surface area contributed by atoms with Crippen molar-refractivity contribution in [3.05, 3.63) is 66.0 Å². The number of anilines is 1. The molecular weight excluding hydrogens is 345 g/mol. The van der Waals surface area contributed by atoms with Crippen LogP contribution in [0.4, 0.5) is 10.1 Å². The fourth-order valence-electron chi connectivity index (χ4n) is 3.30. The molecule has 5 nitrogen and oxygen atoms in total. The van der Waals surface area contributed by atoms with Gasteiger partial charge in [-0.05, 0) is 36.2 Å². The molecule has 0 aromatic heterocycles. The zero-order valence-corrected chi connectivity index (χ0v) is 15.3. The standard InChI is InChI=1S/C21H24FN3O2/c1-2-19(26)25-13-12-18(14-25)23-20(15-6-4-3-5-7-15)21(27)24-17-10-8-16(22)9-11-17/h3-11,18,20,23H,2,12-14H2,1H3,(H,24,27). The first-order valence-electron chi connectivity index (χ1n) is 9.22. The van der Waals surface area contributed by atoms with Gasteiger partial charge in [0, 0.05) is 31.2 Å². The topological polar surface area (TPSA) is 61.4 Å². The SMILES string of the molecule is CCC(=O)N1CCC(NC(C(=O)Nc2ccc(F)cc2)c2ccccc2)C1. The molecule has 6 heteroatoms.